The number of aromatic nitrogens is 6. The molecular weight excluding hydrogens is 1740 g/mol. The molecule has 0 aliphatic carbocycles. The van der Waals surface area contributed by atoms with Crippen LogP contribution in [0.4, 0.5) is 38.9 Å². The van der Waals surface area contributed by atoms with Crippen LogP contribution in [0.5, 0.6) is 18.0 Å². The number of nitrogens with zero attached hydrogens (tertiary/aromatic N) is 21. The van der Waals surface area contributed by atoms with E-state index in [9.17, 15) is 34.6 Å². The summed E-state index contributed by atoms with van der Waals surface area (Å²) in [6.45, 7) is 26.2. The minimum atomic E-state index is -1.02. The highest BCUT2D eigenvalue weighted by Crippen LogP contribution is 2.42. The molecule has 12 heterocycles. The van der Waals surface area contributed by atoms with Crippen molar-refractivity contribution in [1.29, 1.82) is 15.8 Å². The zero-order chi connectivity index (χ0) is 87.6. The summed E-state index contributed by atoms with van der Waals surface area (Å²) in [7, 11) is 6.39. The SMILES string of the molecule is C=C(F)C(=O)N1CCN(c2nc(OC[C@@H]3CCCN3C)nc3c2CCN(c2cccc4cccc(Cl)c24)C3)C[C@@H]1CC#N.C=CC(=O)N1CCN(c2nc(OC[C@@H]3CCCN3C)nc3c2CCN(c2cccc4cccc(C)c24)C3)C[C@@H]1CC#N.C=CC(=O)N1CCN(c2nc(OC[C@@H]3CCCN3C)nc3c2CCN(c2cccc4ccccc24)C3)C[C@@H]1CC#N.S.S.S.S. The number of anilines is 6. The molecule has 33 heteroatoms. The van der Waals surface area contributed by atoms with E-state index in [4.69, 9.17) is 55.7 Å². The smallest absolute Gasteiger partial charge is 0.318 e. The number of halogens is 2. The van der Waals surface area contributed by atoms with Crippen LogP contribution in [0, 0.1) is 40.9 Å². The monoisotopic (exact) mass is 1860 g/mol. The van der Waals surface area contributed by atoms with Crippen molar-refractivity contribution in [2.75, 3.05) is 169 Å². The van der Waals surface area contributed by atoms with Gasteiger partial charge in [0.25, 0.3) is 5.91 Å². The van der Waals surface area contributed by atoms with Gasteiger partial charge in [-0.3, -0.25) is 14.4 Å². The first-order valence-corrected chi connectivity index (χ1v) is 44.7. The van der Waals surface area contributed by atoms with E-state index in [0.29, 0.717) is 139 Å². The molecule has 9 aromatic rings. The van der Waals surface area contributed by atoms with Crippen LogP contribution in [0.25, 0.3) is 32.3 Å². The second kappa shape index (κ2) is 44.8. The molecule has 9 aliphatic rings. The fourth-order valence-electron chi connectivity index (χ4n) is 19.9. The molecule has 0 N–H and O–H groups in total. The number of rotatable bonds is 21. The van der Waals surface area contributed by atoms with Gasteiger partial charge in [-0.1, -0.05) is 122 Å². The van der Waals surface area contributed by atoms with Gasteiger partial charge in [-0.25, -0.2) is 4.39 Å². The highest BCUT2D eigenvalue weighted by Gasteiger charge is 2.40. The number of piperazine rings is 3. The Labute approximate surface area is 794 Å². The van der Waals surface area contributed by atoms with E-state index < -0.39 is 17.8 Å². The second-order valence-corrected chi connectivity index (χ2v) is 34.8. The lowest BCUT2D eigenvalue weighted by Crippen LogP contribution is -2.55. The van der Waals surface area contributed by atoms with E-state index in [1.165, 1.54) is 68.4 Å². The van der Waals surface area contributed by atoms with Gasteiger partial charge in [-0.15, -0.1) is 0 Å². The van der Waals surface area contributed by atoms with Crippen molar-refractivity contribution in [1.82, 2.24) is 59.3 Å². The minimum Gasteiger partial charge on any atom is -0.462 e. The second-order valence-electron chi connectivity index (χ2n) is 34.4. The number of nitriles is 3. The third kappa shape index (κ3) is 21.7. The molecule has 6 fully saturated rings. The summed E-state index contributed by atoms with van der Waals surface area (Å²) in [5, 5.41) is 36.3. The Morgan fingerprint density at radius 2 is 0.792 bits per heavy atom. The lowest BCUT2D eigenvalue weighted by molar-refractivity contribution is -0.131. The Morgan fingerprint density at radius 1 is 0.438 bits per heavy atom. The maximum absolute atomic E-state index is 13.8. The van der Waals surface area contributed by atoms with Crippen molar-refractivity contribution in [2.45, 2.75) is 140 Å². The van der Waals surface area contributed by atoms with Gasteiger partial charge >= 0.3 is 18.0 Å². The molecule has 0 radical (unpaired) electrons. The predicted molar refractivity (Wildman–Crippen MR) is 531 cm³/mol. The van der Waals surface area contributed by atoms with E-state index in [1.807, 2.05) is 18.2 Å². The van der Waals surface area contributed by atoms with Crippen LogP contribution >= 0.6 is 65.6 Å². The number of benzene rings is 6. The Kier molecular flexibility index (Phi) is 33.9. The number of likely N-dealkylation sites (tertiary alicyclic amines) is 3. The molecule has 6 saturated heterocycles. The zero-order valence-corrected chi connectivity index (χ0v) is 79.4. The molecule has 686 valence electrons. The Balaban J connectivity index is 0.000000174. The van der Waals surface area contributed by atoms with Crippen LogP contribution in [-0.4, -0.2) is 252 Å². The summed E-state index contributed by atoms with van der Waals surface area (Å²) in [5.41, 5.74) is 10.9. The van der Waals surface area contributed by atoms with Gasteiger partial charge in [0.2, 0.25) is 11.8 Å². The normalized spacial score (nSPS) is 20.2. The van der Waals surface area contributed by atoms with Crippen LogP contribution < -0.4 is 43.6 Å². The fourth-order valence-corrected chi connectivity index (χ4v) is 20.1. The van der Waals surface area contributed by atoms with Gasteiger partial charge < -0.3 is 73.0 Å². The standard InChI is InChI=1S/C33H39N7O2.C32H35ClFN7O2.C32H37N7O2.4H2S/c1-4-30(41)40-19-18-39(20-25(40)13-15-34)32-27-14-17-38(29-12-6-10-24-9-5-8-23(2)31(24)29)21-28(27)35-33(36-32)42-22-26-11-7-16-37(26)3;1-21(34)31(42)41-17-16-40(18-23(41)11-13-35)30-25-12-15-39(28-10-4-7-22-6-3-9-26(33)29(22)28)19-27(25)36-32(37-30)43-20-24-8-5-14-38(24)2;1-3-30(40)39-19-18-38(20-24(39)13-15-33)31-27-14-17-37(29-12-6-9-23-8-4-5-11-26(23)29)21-28(27)34-32(35-31)41-22-25-10-7-16-36(25)2;;;;/h4-6,8-10,12,25-26H,1,7,11,13-14,16-22H2,2-3H3;3-4,6-7,9-10,23-24H,1,5,8,11-12,14-20H2,2H3;3-6,8-9,11-12,24-25H,1,7,10,13-14,16-22H2,2H3;4*1H2/t25-,26-;23-,24-;24-,25-;;;;/m000..../s1. The molecular formula is C97H119ClFN21O6S4. The van der Waals surface area contributed by atoms with Crippen LogP contribution in [0.15, 0.2) is 153 Å². The summed E-state index contributed by atoms with van der Waals surface area (Å²) < 4.78 is 32.6. The van der Waals surface area contributed by atoms with Crippen molar-refractivity contribution in [3.8, 4) is 36.2 Å². The third-order valence-corrected chi connectivity index (χ3v) is 27.1. The van der Waals surface area contributed by atoms with Crippen molar-refractivity contribution in [3.63, 3.8) is 0 Å². The maximum atomic E-state index is 13.8. The van der Waals surface area contributed by atoms with E-state index in [-0.39, 0.29) is 104 Å². The number of likely N-dealkylation sites (N-methyl/N-ethyl adjacent to an activating group) is 3. The molecule has 27 nitrogen and oxygen atoms in total. The van der Waals surface area contributed by atoms with E-state index in [0.717, 1.165) is 145 Å². The molecule has 0 unspecified atom stereocenters. The molecule has 0 bridgehead atoms. The number of ether oxygens (including phenoxy) is 3. The van der Waals surface area contributed by atoms with Crippen molar-refractivity contribution < 1.29 is 33.0 Å². The van der Waals surface area contributed by atoms with Gasteiger partial charge in [-0.05, 0) is 164 Å². The molecule has 3 amide bonds. The van der Waals surface area contributed by atoms with Crippen molar-refractivity contribution in [3.05, 3.63) is 197 Å². The number of amides is 3. The third-order valence-electron chi connectivity index (χ3n) is 26.7. The highest BCUT2D eigenvalue weighted by atomic mass is 35.5. The van der Waals surface area contributed by atoms with Gasteiger partial charge in [0.05, 0.1) is 97.3 Å². The highest BCUT2D eigenvalue weighted by molar-refractivity contribution is 7.59. The number of carbonyl (C=O) groups is 3. The van der Waals surface area contributed by atoms with E-state index in [2.05, 4.69) is 207 Å². The molecule has 6 aromatic carbocycles. The number of fused-ring (bicyclic) bond motifs is 6. The predicted octanol–water partition coefficient (Wildman–Crippen LogP) is 13.1. The quantitative estimate of drug-likeness (QED) is 0.0605. The molecule has 0 saturated carbocycles. The van der Waals surface area contributed by atoms with Crippen LogP contribution in [0.3, 0.4) is 0 Å². The van der Waals surface area contributed by atoms with Crippen LogP contribution in [0.2, 0.25) is 5.02 Å². The summed E-state index contributed by atoms with van der Waals surface area (Å²) in [5.74, 6) is 0.448. The van der Waals surface area contributed by atoms with Gasteiger partial charge in [0.15, 0.2) is 5.83 Å². The average Bonchev–Trinajstić information content (AvgIpc) is 0.902. The first kappa shape index (κ1) is 98.2. The van der Waals surface area contributed by atoms with E-state index >= 15 is 0 Å². The van der Waals surface area contributed by atoms with E-state index in [1.54, 1.807) is 9.80 Å². The van der Waals surface area contributed by atoms with Gasteiger partial charge in [0, 0.05) is 147 Å². The number of carbonyl (C=O) groups excluding carboxylic acids is 3. The molecule has 130 heavy (non-hydrogen) atoms. The molecule has 0 spiro atoms. The summed E-state index contributed by atoms with van der Waals surface area (Å²) >= 11 is 6.68. The fraction of sp³-hybridized carbons (Fsp3) is 0.443. The Hall–Kier alpha value is -10.9. The lowest BCUT2D eigenvalue weighted by atomic mass is 9.99. The Morgan fingerprint density at radius 3 is 1.19 bits per heavy atom. The molecule has 9 aliphatic heterocycles. The van der Waals surface area contributed by atoms with Gasteiger partial charge in [0.1, 0.15) is 37.3 Å². The largest absolute Gasteiger partial charge is 0.462 e. The zero-order valence-electron chi connectivity index (χ0n) is 74.6. The minimum absolute atomic E-state index is 0. The molecule has 6 atom stereocenters. The summed E-state index contributed by atoms with van der Waals surface area (Å²) in [4.78, 5) is 92.9. The first-order chi connectivity index (χ1) is 61.3. The number of hydrogen-bond acceptors (Lipinski definition) is 24. The lowest BCUT2D eigenvalue weighted by Gasteiger charge is -2.42. The summed E-state index contributed by atoms with van der Waals surface area (Å²) in [6.07, 6.45) is 12.3. The van der Waals surface area contributed by atoms with Crippen LogP contribution in [0.1, 0.15) is 97.1 Å². The number of hydrogen-bond donors (Lipinski definition) is 0. The number of aryl methyl sites for hydroxylation is 1. The average molecular weight is 1860 g/mol. The molecule has 18 rings (SSSR count). The van der Waals surface area contributed by atoms with Crippen molar-refractivity contribution >= 4 is 150 Å². The topological polar surface area (TPSA) is 266 Å². The van der Waals surface area contributed by atoms with Crippen LogP contribution in [-0.2, 0) is 53.3 Å². The molecule has 3 aromatic heterocycles. The maximum Gasteiger partial charge on any atom is 0.318 e. The first-order valence-electron chi connectivity index (χ1n) is 44.3. The summed E-state index contributed by atoms with van der Waals surface area (Å²) in [6, 6.07) is 47.9. The van der Waals surface area contributed by atoms with Crippen molar-refractivity contribution in [2.24, 2.45) is 0 Å². The Bertz CT molecular complexity index is 5710. The van der Waals surface area contributed by atoms with Gasteiger partial charge in [-0.2, -0.15) is 99.7 Å².